The van der Waals surface area contributed by atoms with E-state index >= 15 is 0 Å². The van der Waals surface area contributed by atoms with Crippen LogP contribution in [0.1, 0.15) is 29.6 Å². The molecular weight excluding hydrogens is 286 g/mol. The highest BCUT2D eigenvalue weighted by molar-refractivity contribution is 5.96. The Kier molecular flexibility index (Phi) is 3.82. The van der Waals surface area contributed by atoms with E-state index in [0.717, 1.165) is 12.8 Å². The Labute approximate surface area is 126 Å². The van der Waals surface area contributed by atoms with Crippen LogP contribution in [0.15, 0.2) is 30.9 Å². The number of rotatable bonds is 3. The Balaban J connectivity index is 1.88. The second-order valence-corrected chi connectivity index (χ2v) is 5.13. The van der Waals surface area contributed by atoms with Crippen LogP contribution >= 0.6 is 0 Å². The van der Waals surface area contributed by atoms with Gasteiger partial charge in [-0.3, -0.25) is 9.78 Å². The lowest BCUT2D eigenvalue weighted by Gasteiger charge is -2.32. The Bertz CT molecular complexity index is 686. The molecule has 1 fully saturated rings. The first kappa shape index (κ1) is 14.2. The quantitative estimate of drug-likeness (QED) is 0.897. The first-order valence-electron chi connectivity index (χ1n) is 7.02. The molecule has 1 atom stereocenters. The number of carbonyl (C=O) groups is 2. The molecule has 1 N–H and O–H groups in total. The van der Waals surface area contributed by atoms with E-state index in [-0.39, 0.29) is 5.91 Å². The third-order valence-corrected chi connectivity index (χ3v) is 3.71. The molecule has 0 bridgehead atoms. The van der Waals surface area contributed by atoms with Crippen LogP contribution in [-0.2, 0) is 4.79 Å². The first-order chi connectivity index (χ1) is 10.7. The molecule has 3 rings (SSSR count). The molecule has 8 heteroatoms. The van der Waals surface area contributed by atoms with Crippen molar-refractivity contribution in [1.29, 1.82) is 0 Å². The molecule has 0 aromatic carbocycles. The van der Waals surface area contributed by atoms with Crippen molar-refractivity contribution < 1.29 is 14.7 Å². The number of piperidine rings is 1. The lowest BCUT2D eigenvalue weighted by molar-refractivity contribution is -0.143. The summed E-state index contributed by atoms with van der Waals surface area (Å²) in [4.78, 5) is 29.4. The zero-order chi connectivity index (χ0) is 15.5. The summed E-state index contributed by atoms with van der Waals surface area (Å²) in [5, 5.41) is 16.8. The van der Waals surface area contributed by atoms with Gasteiger partial charge in [-0.1, -0.05) is 5.21 Å². The van der Waals surface area contributed by atoms with Gasteiger partial charge in [0.1, 0.15) is 6.04 Å². The van der Waals surface area contributed by atoms with Crippen molar-refractivity contribution in [3.63, 3.8) is 0 Å². The lowest BCUT2D eigenvalue weighted by Crippen LogP contribution is -2.48. The maximum absolute atomic E-state index is 12.6. The smallest absolute Gasteiger partial charge is 0.326 e. The number of nitrogens with zero attached hydrogens (tertiary/aromatic N) is 5. The summed E-state index contributed by atoms with van der Waals surface area (Å²) in [6.07, 6.45) is 8.29. The van der Waals surface area contributed by atoms with Crippen molar-refractivity contribution in [3.8, 4) is 5.69 Å². The highest BCUT2D eigenvalue weighted by Crippen LogP contribution is 2.20. The van der Waals surface area contributed by atoms with E-state index in [9.17, 15) is 14.7 Å². The number of carbonyl (C=O) groups excluding carboxylic acids is 1. The fraction of sp³-hybridized carbons (Fsp3) is 0.357. The van der Waals surface area contributed by atoms with Crippen LogP contribution in [0.2, 0.25) is 0 Å². The van der Waals surface area contributed by atoms with Gasteiger partial charge in [-0.25, -0.2) is 9.48 Å². The average molecular weight is 301 g/mol. The summed E-state index contributed by atoms with van der Waals surface area (Å²) in [5.74, 6) is -1.28. The molecule has 1 aliphatic heterocycles. The predicted molar refractivity (Wildman–Crippen MR) is 75.5 cm³/mol. The van der Waals surface area contributed by atoms with Gasteiger partial charge in [0.25, 0.3) is 5.91 Å². The van der Waals surface area contributed by atoms with Crippen molar-refractivity contribution in [3.05, 3.63) is 36.4 Å². The van der Waals surface area contributed by atoms with Gasteiger partial charge in [-0.2, -0.15) is 0 Å². The van der Waals surface area contributed by atoms with E-state index in [1.54, 1.807) is 18.5 Å². The van der Waals surface area contributed by atoms with Gasteiger partial charge in [-0.05, 0) is 25.3 Å². The monoisotopic (exact) mass is 301 g/mol. The fourth-order valence-electron chi connectivity index (χ4n) is 2.61. The molecule has 2 aromatic rings. The molecule has 1 amide bonds. The van der Waals surface area contributed by atoms with E-state index in [0.29, 0.717) is 24.2 Å². The molecule has 22 heavy (non-hydrogen) atoms. The van der Waals surface area contributed by atoms with Crippen LogP contribution in [0.25, 0.3) is 5.69 Å². The summed E-state index contributed by atoms with van der Waals surface area (Å²) in [6.45, 7) is 0.448. The van der Waals surface area contributed by atoms with E-state index in [4.69, 9.17) is 0 Å². The number of aliphatic carboxylic acids is 1. The zero-order valence-electron chi connectivity index (χ0n) is 11.8. The number of carboxylic acids is 1. The Morgan fingerprint density at radius 2 is 2.14 bits per heavy atom. The second kappa shape index (κ2) is 5.92. The van der Waals surface area contributed by atoms with Crippen molar-refractivity contribution in [2.45, 2.75) is 25.3 Å². The van der Waals surface area contributed by atoms with Crippen molar-refractivity contribution in [1.82, 2.24) is 24.9 Å². The SMILES string of the molecule is O=C(O)C1CCCCN1C(=O)c1cncc(-n2ccnn2)c1. The minimum absolute atomic E-state index is 0.318. The van der Waals surface area contributed by atoms with Gasteiger partial charge in [0, 0.05) is 12.7 Å². The number of aromatic nitrogens is 4. The first-order valence-corrected chi connectivity index (χ1v) is 7.02. The molecule has 3 heterocycles. The molecule has 0 spiro atoms. The van der Waals surface area contributed by atoms with Gasteiger partial charge in [-0.15, -0.1) is 5.10 Å². The number of hydrogen-bond donors (Lipinski definition) is 1. The highest BCUT2D eigenvalue weighted by Gasteiger charge is 2.32. The number of likely N-dealkylation sites (tertiary alicyclic amines) is 1. The Hall–Kier alpha value is -2.77. The van der Waals surface area contributed by atoms with E-state index in [2.05, 4.69) is 15.3 Å². The predicted octanol–water partition coefficient (Wildman–Crippen LogP) is 0.742. The second-order valence-electron chi connectivity index (χ2n) is 5.13. The Morgan fingerprint density at radius 3 is 2.86 bits per heavy atom. The minimum Gasteiger partial charge on any atom is -0.480 e. The average Bonchev–Trinajstić information content (AvgIpc) is 3.09. The van der Waals surface area contributed by atoms with E-state index in [1.807, 2.05) is 0 Å². The van der Waals surface area contributed by atoms with Crippen LogP contribution in [0, 0.1) is 0 Å². The van der Waals surface area contributed by atoms with Crippen molar-refractivity contribution in [2.24, 2.45) is 0 Å². The number of carboxylic acid groups (broad SMARTS) is 1. The molecule has 1 unspecified atom stereocenters. The number of hydrogen-bond acceptors (Lipinski definition) is 5. The summed E-state index contributed by atoms with van der Waals surface area (Å²) in [7, 11) is 0. The van der Waals surface area contributed by atoms with Crippen molar-refractivity contribution >= 4 is 11.9 Å². The zero-order valence-corrected chi connectivity index (χ0v) is 11.8. The molecular formula is C14H15N5O3. The Morgan fingerprint density at radius 1 is 1.27 bits per heavy atom. The number of amides is 1. The van der Waals surface area contributed by atoms with Crippen LogP contribution in [-0.4, -0.2) is 54.4 Å². The van der Waals surface area contributed by atoms with E-state index < -0.39 is 12.0 Å². The standard InChI is InChI=1S/C14H15N5O3/c20-13(18-5-2-1-3-12(18)14(21)22)10-7-11(9-15-8-10)19-6-4-16-17-19/h4,6-9,12H,1-3,5H2,(H,21,22). The molecule has 2 aromatic heterocycles. The van der Waals surface area contributed by atoms with Crippen LogP contribution in [0.5, 0.6) is 0 Å². The van der Waals surface area contributed by atoms with E-state index in [1.165, 1.54) is 22.0 Å². The van der Waals surface area contributed by atoms with Gasteiger partial charge >= 0.3 is 5.97 Å². The summed E-state index contributed by atoms with van der Waals surface area (Å²) in [5.41, 5.74) is 0.952. The van der Waals surface area contributed by atoms with Gasteiger partial charge in [0.05, 0.1) is 29.8 Å². The summed E-state index contributed by atoms with van der Waals surface area (Å²) < 4.78 is 1.49. The van der Waals surface area contributed by atoms with Gasteiger partial charge < -0.3 is 10.0 Å². The maximum Gasteiger partial charge on any atom is 0.326 e. The third-order valence-electron chi connectivity index (χ3n) is 3.71. The van der Waals surface area contributed by atoms with Crippen LogP contribution < -0.4 is 0 Å². The summed E-state index contributed by atoms with van der Waals surface area (Å²) in [6, 6.07) is 0.869. The summed E-state index contributed by atoms with van der Waals surface area (Å²) >= 11 is 0. The van der Waals surface area contributed by atoms with Gasteiger partial charge in [0.15, 0.2) is 0 Å². The molecule has 0 aliphatic carbocycles. The third kappa shape index (κ3) is 2.67. The number of pyridine rings is 1. The maximum atomic E-state index is 12.6. The fourth-order valence-corrected chi connectivity index (χ4v) is 2.61. The highest BCUT2D eigenvalue weighted by atomic mass is 16.4. The van der Waals surface area contributed by atoms with Crippen LogP contribution in [0.4, 0.5) is 0 Å². The van der Waals surface area contributed by atoms with Gasteiger partial charge in [0.2, 0.25) is 0 Å². The molecule has 8 nitrogen and oxygen atoms in total. The molecule has 114 valence electrons. The normalized spacial score (nSPS) is 18.2. The minimum atomic E-state index is -0.964. The molecule has 0 radical (unpaired) electrons. The molecule has 1 saturated heterocycles. The van der Waals surface area contributed by atoms with Crippen molar-refractivity contribution in [2.75, 3.05) is 6.54 Å². The topological polar surface area (TPSA) is 101 Å². The molecule has 1 aliphatic rings. The largest absolute Gasteiger partial charge is 0.480 e. The molecule has 0 saturated carbocycles. The lowest BCUT2D eigenvalue weighted by atomic mass is 10.0. The van der Waals surface area contributed by atoms with Crippen LogP contribution in [0.3, 0.4) is 0 Å².